The molecule has 1 amide bonds. The second kappa shape index (κ2) is 8.34. The number of aldehydes is 1. The maximum atomic E-state index is 12.6. The summed E-state index contributed by atoms with van der Waals surface area (Å²) < 4.78 is 14.8. The lowest BCUT2D eigenvalue weighted by molar-refractivity contribution is -0.176. The summed E-state index contributed by atoms with van der Waals surface area (Å²) in [4.78, 5) is 60.4. The molecule has 0 saturated carbocycles. The first-order valence-corrected chi connectivity index (χ1v) is 9.65. The Morgan fingerprint density at radius 1 is 1.29 bits per heavy atom. The van der Waals surface area contributed by atoms with Crippen molar-refractivity contribution in [3.8, 4) is 0 Å². The Hall–Kier alpha value is -2.36. The van der Waals surface area contributed by atoms with Crippen LogP contribution < -0.4 is 0 Å². The molecular weight excluding hydrogens is 390 g/mol. The quantitative estimate of drug-likeness (QED) is 0.272. The monoisotopic (exact) mass is 413 g/mol. The first kappa shape index (κ1) is 21.9. The molecule has 1 unspecified atom stereocenters. The minimum Gasteiger partial charge on any atom is -0.454 e. The number of β-lactam (4-membered cyclic amide) rings is 1. The molecule has 0 aliphatic carbocycles. The smallest absolute Gasteiger partial charge is 0.357 e. The van der Waals surface area contributed by atoms with E-state index in [2.05, 4.69) is 0 Å². The predicted molar refractivity (Wildman–Crippen MR) is 97.4 cm³/mol. The van der Waals surface area contributed by atoms with E-state index in [0.29, 0.717) is 17.6 Å². The molecule has 9 nitrogen and oxygen atoms in total. The molecule has 0 aromatic carbocycles. The highest BCUT2D eigenvalue weighted by Crippen LogP contribution is 2.45. The first-order chi connectivity index (χ1) is 13.0. The zero-order chi connectivity index (χ0) is 21.2. The third kappa shape index (κ3) is 4.37. The Labute approximate surface area is 166 Å². The van der Waals surface area contributed by atoms with Gasteiger partial charge in [-0.15, -0.1) is 11.8 Å². The molecule has 0 bridgehead atoms. The second-order valence-corrected chi connectivity index (χ2v) is 8.61. The van der Waals surface area contributed by atoms with E-state index in [1.807, 2.05) is 0 Å². The van der Waals surface area contributed by atoms with Gasteiger partial charge in [-0.1, -0.05) is 0 Å². The van der Waals surface area contributed by atoms with Gasteiger partial charge in [-0.05, 0) is 33.3 Å². The lowest BCUT2D eigenvalue weighted by atomic mass is 9.90. The van der Waals surface area contributed by atoms with Gasteiger partial charge < -0.3 is 14.2 Å². The van der Waals surface area contributed by atoms with E-state index in [1.165, 1.54) is 16.7 Å². The molecule has 2 rings (SSSR count). The van der Waals surface area contributed by atoms with Gasteiger partial charge >= 0.3 is 17.9 Å². The van der Waals surface area contributed by atoms with Crippen molar-refractivity contribution in [2.75, 3.05) is 12.5 Å². The van der Waals surface area contributed by atoms with Crippen molar-refractivity contribution in [3.63, 3.8) is 0 Å². The highest BCUT2D eigenvalue weighted by atomic mass is 32.2. The summed E-state index contributed by atoms with van der Waals surface area (Å²) in [6.45, 7) is 7.26. The van der Waals surface area contributed by atoms with Gasteiger partial charge in [0.1, 0.15) is 11.6 Å². The zero-order valence-electron chi connectivity index (χ0n) is 16.3. The second-order valence-electron chi connectivity index (χ2n) is 7.51. The summed E-state index contributed by atoms with van der Waals surface area (Å²) >= 11 is 1.36. The fourth-order valence-corrected chi connectivity index (χ4v) is 4.16. The number of carbonyl (C=O) groups is 5. The molecule has 0 aromatic rings. The predicted octanol–water partition coefficient (Wildman–Crippen LogP) is 1.01. The Morgan fingerprint density at radius 2 is 1.93 bits per heavy atom. The van der Waals surface area contributed by atoms with Gasteiger partial charge in [0, 0.05) is 12.7 Å². The van der Waals surface area contributed by atoms with E-state index in [4.69, 9.17) is 14.2 Å². The number of amides is 1. The van der Waals surface area contributed by atoms with Crippen LogP contribution in [0.5, 0.6) is 0 Å². The van der Waals surface area contributed by atoms with Gasteiger partial charge in [-0.2, -0.15) is 0 Å². The fraction of sp³-hybridized carbons (Fsp3) is 0.611. The molecular formula is C18H23NO8S. The van der Waals surface area contributed by atoms with Crippen LogP contribution in [0.1, 0.15) is 34.6 Å². The van der Waals surface area contributed by atoms with Crippen LogP contribution in [0, 0.1) is 11.3 Å². The van der Waals surface area contributed by atoms with Crippen molar-refractivity contribution in [2.45, 2.75) is 46.1 Å². The molecule has 0 radical (unpaired) electrons. The molecule has 0 N–H and O–H groups in total. The van der Waals surface area contributed by atoms with Gasteiger partial charge in [-0.3, -0.25) is 24.1 Å². The van der Waals surface area contributed by atoms with Crippen LogP contribution in [0.15, 0.2) is 11.3 Å². The van der Waals surface area contributed by atoms with E-state index in [1.54, 1.807) is 27.7 Å². The summed E-state index contributed by atoms with van der Waals surface area (Å²) in [5.74, 6) is -2.93. The van der Waals surface area contributed by atoms with Crippen molar-refractivity contribution in [1.29, 1.82) is 0 Å². The molecule has 2 aliphatic rings. The van der Waals surface area contributed by atoms with Crippen LogP contribution >= 0.6 is 11.8 Å². The van der Waals surface area contributed by atoms with E-state index in [9.17, 15) is 24.0 Å². The molecule has 28 heavy (non-hydrogen) atoms. The average molecular weight is 413 g/mol. The Morgan fingerprint density at radius 3 is 2.46 bits per heavy atom. The Balaban J connectivity index is 2.07. The minimum absolute atomic E-state index is 0.0595. The number of ether oxygens (including phenoxy) is 3. The van der Waals surface area contributed by atoms with Crippen LogP contribution in [0.3, 0.4) is 0 Å². The van der Waals surface area contributed by atoms with Crippen LogP contribution in [-0.2, 0) is 38.2 Å². The number of hydrogen-bond donors (Lipinski definition) is 0. The van der Waals surface area contributed by atoms with Crippen LogP contribution in [0.4, 0.5) is 0 Å². The lowest BCUT2D eigenvalue weighted by Gasteiger charge is -2.50. The van der Waals surface area contributed by atoms with Crippen molar-refractivity contribution >= 4 is 41.9 Å². The molecule has 154 valence electrons. The topological polar surface area (TPSA) is 116 Å². The largest absolute Gasteiger partial charge is 0.454 e. The summed E-state index contributed by atoms with van der Waals surface area (Å²) in [7, 11) is 0. The number of fused-ring (bicyclic) bond motifs is 1. The molecule has 1 saturated heterocycles. The number of carbonyl (C=O) groups excluding carboxylic acids is 5. The van der Waals surface area contributed by atoms with E-state index < -0.39 is 53.4 Å². The van der Waals surface area contributed by atoms with Gasteiger partial charge in [-0.25, -0.2) is 4.79 Å². The van der Waals surface area contributed by atoms with Crippen LogP contribution in [0.2, 0.25) is 0 Å². The Bertz CT molecular complexity index is 738. The summed E-state index contributed by atoms with van der Waals surface area (Å²) in [6, 6.07) is 0. The standard InChI is InChI=1S/C18H23NO8S/c1-9-7-28-15-12(11(6-20)27-10(2)21)14(22)19(15)13(9)16(23)25-8-26-17(24)18(3,4)5/h6,11-12,15H,7-8H2,1-5H3/t11?,12-,15-/m0/s1. The minimum atomic E-state index is -1.21. The van der Waals surface area contributed by atoms with Crippen molar-refractivity contribution in [1.82, 2.24) is 4.90 Å². The Kier molecular flexibility index (Phi) is 6.53. The van der Waals surface area contributed by atoms with E-state index in [-0.39, 0.29) is 5.70 Å². The maximum absolute atomic E-state index is 12.6. The fourth-order valence-electron chi connectivity index (χ4n) is 2.76. The number of nitrogens with zero attached hydrogens (tertiary/aromatic N) is 1. The molecule has 2 heterocycles. The average Bonchev–Trinajstić information content (AvgIpc) is 2.59. The van der Waals surface area contributed by atoms with Gasteiger partial charge in [0.25, 0.3) is 0 Å². The molecule has 3 atom stereocenters. The summed E-state index contributed by atoms with van der Waals surface area (Å²) in [5, 5.41) is -0.523. The van der Waals surface area contributed by atoms with Gasteiger partial charge in [0.05, 0.1) is 10.8 Å². The third-order valence-electron chi connectivity index (χ3n) is 4.18. The summed E-state index contributed by atoms with van der Waals surface area (Å²) in [5.41, 5.74) is -0.0605. The molecule has 10 heteroatoms. The van der Waals surface area contributed by atoms with Gasteiger partial charge in [0.15, 0.2) is 12.4 Å². The molecule has 0 aromatic heterocycles. The summed E-state index contributed by atoms with van der Waals surface area (Å²) in [6.07, 6.45) is -0.793. The molecule has 1 fully saturated rings. The molecule has 0 spiro atoms. The zero-order valence-corrected chi connectivity index (χ0v) is 17.2. The normalized spacial score (nSPS) is 22.6. The number of rotatable bonds is 6. The number of esters is 3. The highest BCUT2D eigenvalue weighted by Gasteiger charge is 2.57. The molecule has 2 aliphatic heterocycles. The van der Waals surface area contributed by atoms with Crippen molar-refractivity contribution in [2.24, 2.45) is 11.3 Å². The number of thioether (sulfide) groups is 1. The van der Waals surface area contributed by atoms with E-state index >= 15 is 0 Å². The van der Waals surface area contributed by atoms with Crippen LogP contribution in [-0.4, -0.2) is 59.0 Å². The SMILES string of the molecule is CC(=O)OC(C=O)[C@H]1C(=O)N2C(C(=O)OCOC(=O)C(C)(C)C)=C(C)CS[C@@H]12. The van der Waals surface area contributed by atoms with Gasteiger partial charge in [0.2, 0.25) is 12.7 Å². The maximum Gasteiger partial charge on any atom is 0.357 e. The van der Waals surface area contributed by atoms with Crippen LogP contribution in [0.25, 0.3) is 0 Å². The van der Waals surface area contributed by atoms with Crippen molar-refractivity contribution in [3.05, 3.63) is 11.3 Å². The first-order valence-electron chi connectivity index (χ1n) is 8.60. The highest BCUT2D eigenvalue weighted by molar-refractivity contribution is 8.00. The van der Waals surface area contributed by atoms with Crippen molar-refractivity contribution < 1.29 is 38.2 Å². The number of hydrogen-bond acceptors (Lipinski definition) is 9. The third-order valence-corrected chi connectivity index (χ3v) is 5.62. The van der Waals surface area contributed by atoms with E-state index in [0.717, 1.165) is 6.92 Å². The lowest BCUT2D eigenvalue weighted by Crippen LogP contribution is -2.65.